The molecule has 4 rings (SSSR count). The fourth-order valence-electron chi connectivity index (χ4n) is 4.27. The van der Waals surface area contributed by atoms with Crippen LogP contribution >= 0.6 is 0 Å². The van der Waals surface area contributed by atoms with Gasteiger partial charge >= 0.3 is 0 Å². The van der Waals surface area contributed by atoms with Crippen molar-refractivity contribution in [1.29, 1.82) is 5.26 Å². The minimum Gasteiger partial charge on any atom is -0.493 e. The SMILES string of the molecule is COc1cc(C#N)ccc1O[C@@H](CCN1CCN(Cc2ccccc2)CC1)c1ccc(F)cc1. The fraction of sp³-hybridized carbons (Fsp3) is 0.321. The lowest BCUT2D eigenvalue weighted by Gasteiger charge is -2.35. The Kier molecular flexibility index (Phi) is 8.13. The van der Waals surface area contributed by atoms with E-state index < -0.39 is 0 Å². The molecule has 0 radical (unpaired) electrons. The number of ether oxygens (including phenoxy) is 2. The van der Waals surface area contributed by atoms with Crippen molar-refractivity contribution >= 4 is 0 Å². The molecule has 0 amide bonds. The summed E-state index contributed by atoms with van der Waals surface area (Å²) < 4.78 is 25.4. The average molecular weight is 460 g/mol. The van der Waals surface area contributed by atoms with E-state index in [4.69, 9.17) is 9.47 Å². The van der Waals surface area contributed by atoms with Gasteiger partial charge in [-0.3, -0.25) is 4.90 Å². The van der Waals surface area contributed by atoms with Crippen LogP contribution in [0.2, 0.25) is 0 Å². The first-order chi connectivity index (χ1) is 16.6. The molecule has 3 aromatic rings. The molecule has 1 aliphatic heterocycles. The molecule has 0 aromatic heterocycles. The first kappa shape index (κ1) is 23.7. The predicted octanol–water partition coefficient (Wildman–Crippen LogP) is 5.03. The summed E-state index contributed by atoms with van der Waals surface area (Å²) >= 11 is 0. The van der Waals surface area contributed by atoms with Gasteiger partial charge < -0.3 is 14.4 Å². The zero-order chi connectivity index (χ0) is 23.8. The maximum Gasteiger partial charge on any atom is 0.162 e. The molecule has 0 saturated carbocycles. The van der Waals surface area contributed by atoms with Crippen LogP contribution in [0.4, 0.5) is 4.39 Å². The number of methoxy groups -OCH3 is 1. The van der Waals surface area contributed by atoms with E-state index in [1.165, 1.54) is 17.7 Å². The Morgan fingerprint density at radius 1 is 0.912 bits per heavy atom. The topological polar surface area (TPSA) is 48.7 Å². The van der Waals surface area contributed by atoms with Gasteiger partial charge in [-0.2, -0.15) is 5.26 Å². The molecule has 6 heteroatoms. The van der Waals surface area contributed by atoms with E-state index in [9.17, 15) is 9.65 Å². The number of hydrogen-bond acceptors (Lipinski definition) is 5. The summed E-state index contributed by atoms with van der Waals surface area (Å²) in [6, 6.07) is 24.3. The third-order valence-electron chi connectivity index (χ3n) is 6.23. The smallest absolute Gasteiger partial charge is 0.162 e. The molecule has 0 spiro atoms. The van der Waals surface area contributed by atoms with Crippen molar-refractivity contribution in [3.63, 3.8) is 0 Å². The third kappa shape index (κ3) is 6.34. The highest BCUT2D eigenvalue weighted by Crippen LogP contribution is 2.33. The van der Waals surface area contributed by atoms with Crippen molar-refractivity contribution in [3.05, 3.63) is 95.3 Å². The molecule has 1 atom stereocenters. The molecule has 3 aromatic carbocycles. The summed E-state index contributed by atoms with van der Waals surface area (Å²) in [6.07, 6.45) is 0.498. The highest BCUT2D eigenvalue weighted by Gasteiger charge is 2.21. The molecule has 1 saturated heterocycles. The fourth-order valence-corrected chi connectivity index (χ4v) is 4.27. The summed E-state index contributed by atoms with van der Waals surface area (Å²) in [7, 11) is 1.56. The van der Waals surface area contributed by atoms with Gasteiger partial charge in [-0.15, -0.1) is 0 Å². The van der Waals surface area contributed by atoms with E-state index in [1.54, 1.807) is 37.4 Å². The third-order valence-corrected chi connectivity index (χ3v) is 6.23. The van der Waals surface area contributed by atoms with Gasteiger partial charge in [-0.1, -0.05) is 42.5 Å². The minimum absolute atomic E-state index is 0.259. The number of nitrogens with zero attached hydrogens (tertiary/aromatic N) is 3. The summed E-state index contributed by atoms with van der Waals surface area (Å²) in [5.41, 5.74) is 2.77. The molecule has 0 N–H and O–H groups in total. The number of halogens is 1. The van der Waals surface area contributed by atoms with Crippen LogP contribution in [0.1, 0.15) is 29.2 Å². The van der Waals surface area contributed by atoms with Gasteiger partial charge in [-0.05, 0) is 35.4 Å². The zero-order valence-electron chi connectivity index (χ0n) is 19.5. The highest BCUT2D eigenvalue weighted by atomic mass is 19.1. The molecular formula is C28H30FN3O2. The van der Waals surface area contributed by atoms with Crippen molar-refractivity contribution in [3.8, 4) is 17.6 Å². The lowest BCUT2D eigenvalue weighted by atomic mass is 10.1. The molecule has 34 heavy (non-hydrogen) atoms. The Balaban J connectivity index is 1.39. The van der Waals surface area contributed by atoms with E-state index in [0.717, 1.165) is 51.3 Å². The van der Waals surface area contributed by atoms with Crippen molar-refractivity contribution in [2.45, 2.75) is 19.1 Å². The molecule has 0 bridgehead atoms. The van der Waals surface area contributed by atoms with Gasteiger partial charge in [0.2, 0.25) is 0 Å². The van der Waals surface area contributed by atoms with Crippen LogP contribution in [0.15, 0.2) is 72.8 Å². The lowest BCUT2D eigenvalue weighted by Crippen LogP contribution is -2.46. The van der Waals surface area contributed by atoms with Crippen LogP contribution in [0, 0.1) is 17.1 Å². The molecule has 1 aliphatic rings. The summed E-state index contributed by atoms with van der Waals surface area (Å²) in [6.45, 7) is 5.92. The minimum atomic E-state index is -0.270. The van der Waals surface area contributed by atoms with Crippen LogP contribution < -0.4 is 9.47 Å². The van der Waals surface area contributed by atoms with Gasteiger partial charge in [0.1, 0.15) is 11.9 Å². The molecule has 176 valence electrons. The lowest BCUT2D eigenvalue weighted by molar-refractivity contribution is 0.106. The average Bonchev–Trinajstić information content (AvgIpc) is 2.88. The van der Waals surface area contributed by atoms with E-state index in [0.29, 0.717) is 17.1 Å². The van der Waals surface area contributed by atoms with Crippen LogP contribution in [-0.2, 0) is 6.54 Å². The van der Waals surface area contributed by atoms with Gasteiger partial charge in [-0.25, -0.2) is 4.39 Å². The maximum absolute atomic E-state index is 13.5. The Hall–Kier alpha value is -3.40. The molecule has 0 aliphatic carbocycles. The second-order valence-electron chi connectivity index (χ2n) is 8.53. The highest BCUT2D eigenvalue weighted by molar-refractivity contribution is 5.47. The monoisotopic (exact) mass is 459 g/mol. The zero-order valence-corrected chi connectivity index (χ0v) is 19.5. The second-order valence-corrected chi connectivity index (χ2v) is 8.53. The first-order valence-electron chi connectivity index (χ1n) is 11.6. The van der Waals surface area contributed by atoms with E-state index in [-0.39, 0.29) is 11.9 Å². The first-order valence-corrected chi connectivity index (χ1v) is 11.6. The van der Waals surface area contributed by atoms with Gasteiger partial charge in [0.25, 0.3) is 0 Å². The van der Waals surface area contributed by atoms with Crippen molar-refractivity contribution in [2.24, 2.45) is 0 Å². The van der Waals surface area contributed by atoms with E-state index >= 15 is 0 Å². The standard InChI is InChI=1S/C28H30FN3O2/c1-33-28-19-23(20-30)7-12-27(28)34-26(24-8-10-25(29)11-9-24)13-14-31-15-17-32(18-16-31)21-22-5-3-2-4-6-22/h2-12,19,26H,13-18,21H2,1H3/t26-/m0/s1. The largest absolute Gasteiger partial charge is 0.493 e. The van der Waals surface area contributed by atoms with Crippen molar-refractivity contribution in [2.75, 3.05) is 39.8 Å². The molecule has 1 heterocycles. The van der Waals surface area contributed by atoms with Gasteiger partial charge in [0.15, 0.2) is 11.5 Å². The molecule has 0 unspecified atom stereocenters. The van der Waals surface area contributed by atoms with Crippen LogP contribution in [0.5, 0.6) is 11.5 Å². The summed E-state index contributed by atoms with van der Waals surface area (Å²) in [4.78, 5) is 4.94. The Morgan fingerprint density at radius 2 is 1.62 bits per heavy atom. The predicted molar refractivity (Wildman–Crippen MR) is 130 cm³/mol. The normalized spacial score (nSPS) is 15.4. The van der Waals surface area contributed by atoms with Crippen molar-refractivity contribution in [1.82, 2.24) is 9.80 Å². The van der Waals surface area contributed by atoms with E-state index in [1.807, 2.05) is 0 Å². The number of rotatable bonds is 9. The number of nitriles is 1. The van der Waals surface area contributed by atoms with Crippen molar-refractivity contribution < 1.29 is 13.9 Å². The summed E-state index contributed by atoms with van der Waals surface area (Å²) in [5, 5.41) is 9.17. The van der Waals surface area contributed by atoms with E-state index in [2.05, 4.69) is 46.2 Å². The van der Waals surface area contributed by atoms with Crippen LogP contribution in [-0.4, -0.2) is 49.6 Å². The Labute approximate surface area is 200 Å². The summed E-state index contributed by atoms with van der Waals surface area (Å²) in [5.74, 6) is 0.817. The Morgan fingerprint density at radius 3 is 2.29 bits per heavy atom. The van der Waals surface area contributed by atoms with Crippen LogP contribution in [0.25, 0.3) is 0 Å². The quantitative estimate of drug-likeness (QED) is 0.449. The number of benzene rings is 3. The number of hydrogen-bond donors (Lipinski definition) is 0. The molecule has 5 nitrogen and oxygen atoms in total. The number of piperazine rings is 1. The second kappa shape index (κ2) is 11.6. The maximum atomic E-state index is 13.5. The van der Waals surface area contributed by atoms with Crippen LogP contribution in [0.3, 0.4) is 0 Å². The van der Waals surface area contributed by atoms with Gasteiger partial charge in [0.05, 0.1) is 18.7 Å². The van der Waals surface area contributed by atoms with Gasteiger partial charge in [0, 0.05) is 51.8 Å². The molecule has 1 fully saturated rings. The molecular weight excluding hydrogens is 429 g/mol. The Bertz CT molecular complexity index is 1090.